The van der Waals surface area contributed by atoms with E-state index < -0.39 is 6.10 Å². The molecule has 2 aliphatic heterocycles. The molecule has 6 heteroatoms. The lowest BCUT2D eigenvalue weighted by molar-refractivity contribution is -0.148. The molecule has 2 aliphatic rings. The van der Waals surface area contributed by atoms with E-state index in [9.17, 15) is 4.79 Å². The van der Waals surface area contributed by atoms with Crippen LogP contribution in [0.2, 0.25) is 0 Å². The Morgan fingerprint density at radius 3 is 2.52 bits per heavy atom. The first-order valence-corrected chi connectivity index (χ1v) is 8.16. The molecule has 0 saturated carbocycles. The van der Waals surface area contributed by atoms with Crippen LogP contribution in [0, 0.1) is 0 Å². The highest BCUT2D eigenvalue weighted by Crippen LogP contribution is 2.20. The third-order valence-corrected chi connectivity index (χ3v) is 4.24. The normalized spacial score (nSPS) is 23.3. The molecule has 0 aromatic heterocycles. The number of hydrogen-bond acceptors (Lipinski definition) is 5. The molecular weight excluding hydrogens is 296 g/mol. The van der Waals surface area contributed by atoms with Crippen LogP contribution in [0.3, 0.4) is 0 Å². The second-order valence-corrected chi connectivity index (χ2v) is 5.86. The van der Waals surface area contributed by atoms with E-state index in [4.69, 9.17) is 14.2 Å². The van der Waals surface area contributed by atoms with Crippen LogP contribution in [0.15, 0.2) is 24.3 Å². The van der Waals surface area contributed by atoms with Crippen molar-refractivity contribution in [2.75, 3.05) is 51.0 Å². The zero-order valence-corrected chi connectivity index (χ0v) is 13.5. The number of hydrogen-bond donors (Lipinski definition) is 1. The molecule has 2 atom stereocenters. The lowest BCUT2D eigenvalue weighted by atomic mass is 10.1. The number of rotatable bonds is 4. The molecule has 1 amide bonds. The maximum Gasteiger partial charge on any atom is 0.252 e. The number of anilines is 1. The highest BCUT2D eigenvalue weighted by atomic mass is 16.6. The topological polar surface area (TPSA) is 60.0 Å². The Balaban J connectivity index is 1.56. The van der Waals surface area contributed by atoms with Gasteiger partial charge >= 0.3 is 0 Å². The zero-order chi connectivity index (χ0) is 16.1. The summed E-state index contributed by atoms with van der Waals surface area (Å²) in [6.07, 6.45) is -0.501. The number of amides is 1. The first-order valence-electron chi connectivity index (χ1n) is 8.16. The summed E-state index contributed by atoms with van der Waals surface area (Å²) in [6.45, 7) is 6.73. The molecule has 0 bridgehead atoms. The lowest BCUT2D eigenvalue weighted by Gasteiger charge is -2.29. The lowest BCUT2D eigenvalue weighted by Crippen LogP contribution is -2.43. The summed E-state index contributed by atoms with van der Waals surface area (Å²) in [5.74, 6) is -0.116. The molecular formula is C17H24N2O4. The van der Waals surface area contributed by atoms with Gasteiger partial charge < -0.3 is 24.4 Å². The van der Waals surface area contributed by atoms with Gasteiger partial charge in [-0.15, -0.1) is 0 Å². The van der Waals surface area contributed by atoms with E-state index in [1.54, 1.807) is 0 Å². The second kappa shape index (κ2) is 7.77. The molecule has 3 rings (SSSR count). The third-order valence-electron chi connectivity index (χ3n) is 4.24. The summed E-state index contributed by atoms with van der Waals surface area (Å²) < 4.78 is 16.1. The Bertz CT molecular complexity index is 508. The molecule has 0 spiro atoms. The number of morpholine rings is 1. The Hall–Kier alpha value is -1.63. The Morgan fingerprint density at radius 1 is 1.13 bits per heavy atom. The number of nitrogens with zero attached hydrogens (tertiary/aromatic N) is 1. The van der Waals surface area contributed by atoms with Gasteiger partial charge in [-0.1, -0.05) is 12.1 Å². The average molecular weight is 320 g/mol. The number of ether oxygens (including phenoxy) is 3. The molecule has 6 nitrogen and oxygen atoms in total. The van der Waals surface area contributed by atoms with E-state index in [2.05, 4.69) is 34.5 Å². The maximum atomic E-state index is 12.2. The summed E-state index contributed by atoms with van der Waals surface area (Å²) in [5.41, 5.74) is 2.27. The minimum Gasteiger partial charge on any atom is -0.378 e. The smallest absolute Gasteiger partial charge is 0.252 e. The van der Waals surface area contributed by atoms with Crippen molar-refractivity contribution in [3.63, 3.8) is 0 Å². The van der Waals surface area contributed by atoms with Crippen LogP contribution in [-0.2, 0) is 19.0 Å². The fourth-order valence-corrected chi connectivity index (χ4v) is 2.82. The number of carbonyl (C=O) groups excluding carboxylic acids is 1. The number of nitrogens with one attached hydrogen (secondary N) is 1. The van der Waals surface area contributed by atoms with Crippen molar-refractivity contribution in [3.05, 3.63) is 29.8 Å². The van der Waals surface area contributed by atoms with Crippen LogP contribution in [0.1, 0.15) is 18.5 Å². The van der Waals surface area contributed by atoms with Crippen LogP contribution >= 0.6 is 0 Å². The SMILES string of the molecule is C[C@@H](NC(=O)[C@H]1COCCO1)c1ccc(N2CCOCC2)cc1. The van der Waals surface area contributed by atoms with E-state index in [-0.39, 0.29) is 11.9 Å². The molecule has 1 aromatic carbocycles. The standard InChI is InChI=1S/C17H24N2O4/c1-13(18-17(20)16-12-22-10-11-23-16)14-2-4-15(5-3-14)19-6-8-21-9-7-19/h2-5,13,16H,6-12H2,1H3,(H,18,20)/t13-,16-/m1/s1. The molecule has 1 aromatic rings. The monoisotopic (exact) mass is 320 g/mol. The van der Waals surface area contributed by atoms with Gasteiger partial charge in [0.05, 0.1) is 39.1 Å². The number of benzene rings is 1. The van der Waals surface area contributed by atoms with Crippen LogP contribution in [0.5, 0.6) is 0 Å². The average Bonchev–Trinajstić information content (AvgIpc) is 2.63. The van der Waals surface area contributed by atoms with E-state index in [1.165, 1.54) is 5.69 Å². The molecule has 0 aliphatic carbocycles. The van der Waals surface area contributed by atoms with Crippen molar-refractivity contribution in [1.29, 1.82) is 0 Å². The molecule has 0 unspecified atom stereocenters. The first-order chi connectivity index (χ1) is 11.2. The summed E-state index contributed by atoms with van der Waals surface area (Å²) in [7, 11) is 0. The van der Waals surface area contributed by atoms with Gasteiger partial charge in [-0.05, 0) is 24.6 Å². The molecule has 2 fully saturated rings. The van der Waals surface area contributed by atoms with Crippen LogP contribution in [0.4, 0.5) is 5.69 Å². The van der Waals surface area contributed by atoms with Crippen molar-refractivity contribution in [2.45, 2.75) is 19.1 Å². The third kappa shape index (κ3) is 4.22. The molecule has 23 heavy (non-hydrogen) atoms. The van der Waals surface area contributed by atoms with Crippen molar-refractivity contribution in [3.8, 4) is 0 Å². The Labute approximate surface area is 136 Å². The fourth-order valence-electron chi connectivity index (χ4n) is 2.82. The predicted octanol–water partition coefficient (Wildman–Crippen LogP) is 1.12. The number of carbonyl (C=O) groups is 1. The second-order valence-electron chi connectivity index (χ2n) is 5.86. The summed E-state index contributed by atoms with van der Waals surface area (Å²) in [6, 6.07) is 8.27. The minimum absolute atomic E-state index is 0.0632. The van der Waals surface area contributed by atoms with Crippen molar-refractivity contribution in [1.82, 2.24) is 5.32 Å². The molecule has 2 saturated heterocycles. The van der Waals surface area contributed by atoms with Crippen molar-refractivity contribution >= 4 is 11.6 Å². The van der Waals surface area contributed by atoms with E-state index >= 15 is 0 Å². The van der Waals surface area contributed by atoms with Gasteiger partial charge in [0.25, 0.3) is 5.91 Å². The van der Waals surface area contributed by atoms with Crippen LogP contribution in [-0.4, -0.2) is 58.1 Å². The van der Waals surface area contributed by atoms with Crippen LogP contribution < -0.4 is 10.2 Å². The van der Waals surface area contributed by atoms with Crippen LogP contribution in [0.25, 0.3) is 0 Å². The van der Waals surface area contributed by atoms with Gasteiger partial charge in [-0.25, -0.2) is 0 Å². The summed E-state index contributed by atoms with van der Waals surface area (Å²) >= 11 is 0. The van der Waals surface area contributed by atoms with Gasteiger partial charge in [0.1, 0.15) is 0 Å². The molecule has 2 heterocycles. The quantitative estimate of drug-likeness (QED) is 0.901. The van der Waals surface area contributed by atoms with E-state index in [0.29, 0.717) is 19.8 Å². The van der Waals surface area contributed by atoms with Gasteiger partial charge in [0.15, 0.2) is 6.10 Å². The Kier molecular flexibility index (Phi) is 5.48. The van der Waals surface area contributed by atoms with Crippen molar-refractivity contribution in [2.24, 2.45) is 0 Å². The molecule has 126 valence electrons. The van der Waals surface area contributed by atoms with Gasteiger partial charge in [0, 0.05) is 18.8 Å². The van der Waals surface area contributed by atoms with Gasteiger partial charge in [-0.3, -0.25) is 4.79 Å². The van der Waals surface area contributed by atoms with Gasteiger partial charge in [0.2, 0.25) is 0 Å². The maximum absolute atomic E-state index is 12.2. The van der Waals surface area contributed by atoms with E-state index in [1.807, 2.05) is 6.92 Å². The molecule has 0 radical (unpaired) electrons. The highest BCUT2D eigenvalue weighted by Gasteiger charge is 2.24. The first kappa shape index (κ1) is 16.2. The summed E-state index contributed by atoms with van der Waals surface area (Å²) in [4.78, 5) is 14.5. The minimum atomic E-state index is -0.501. The summed E-state index contributed by atoms with van der Waals surface area (Å²) in [5, 5.41) is 2.99. The van der Waals surface area contributed by atoms with E-state index in [0.717, 1.165) is 31.9 Å². The predicted molar refractivity (Wildman–Crippen MR) is 86.6 cm³/mol. The zero-order valence-electron chi connectivity index (χ0n) is 13.5. The van der Waals surface area contributed by atoms with Gasteiger partial charge in [-0.2, -0.15) is 0 Å². The largest absolute Gasteiger partial charge is 0.378 e. The molecule has 1 N–H and O–H groups in total. The van der Waals surface area contributed by atoms with Crippen molar-refractivity contribution < 1.29 is 19.0 Å². The fraction of sp³-hybridized carbons (Fsp3) is 0.588. The highest BCUT2D eigenvalue weighted by molar-refractivity contribution is 5.81. The Morgan fingerprint density at radius 2 is 1.87 bits per heavy atom.